The van der Waals surface area contributed by atoms with Crippen LogP contribution in [0.25, 0.3) is 0 Å². The third-order valence-corrected chi connectivity index (χ3v) is 2.49. The third-order valence-electron chi connectivity index (χ3n) is 1.85. The Morgan fingerprint density at radius 1 is 1.44 bits per heavy atom. The first-order chi connectivity index (χ1) is 7.54. The van der Waals surface area contributed by atoms with E-state index < -0.39 is 17.6 Å². The van der Waals surface area contributed by atoms with E-state index in [9.17, 15) is 14.0 Å². The summed E-state index contributed by atoms with van der Waals surface area (Å²) in [4.78, 5) is 22.5. The summed E-state index contributed by atoms with van der Waals surface area (Å²) in [5.41, 5.74) is 0.161. The summed E-state index contributed by atoms with van der Waals surface area (Å²) < 4.78 is 18.0. The number of hydrogen-bond donors (Lipinski definition) is 0. The fourth-order valence-electron chi connectivity index (χ4n) is 1.11. The van der Waals surface area contributed by atoms with Gasteiger partial charge < -0.3 is 4.74 Å². The maximum atomic E-state index is 13.1. The third kappa shape index (κ3) is 3.41. The van der Waals surface area contributed by atoms with Crippen molar-refractivity contribution >= 4 is 27.7 Å². The predicted molar refractivity (Wildman–Crippen MR) is 59.7 cm³/mol. The number of halogens is 2. The van der Waals surface area contributed by atoms with Crippen molar-refractivity contribution in [2.45, 2.75) is 13.3 Å². The lowest BCUT2D eigenvalue weighted by Gasteiger charge is -2.02. The molecule has 86 valence electrons. The summed E-state index contributed by atoms with van der Waals surface area (Å²) in [5.74, 6) is -1.59. The second-order valence-corrected chi connectivity index (χ2v) is 3.89. The Morgan fingerprint density at radius 2 is 2.12 bits per heavy atom. The molecule has 0 heterocycles. The van der Waals surface area contributed by atoms with Gasteiger partial charge in [-0.15, -0.1) is 0 Å². The number of Topliss-reactive ketones (excluding diaryl/α,β-unsaturated/α-hetero) is 1. The van der Waals surface area contributed by atoms with E-state index >= 15 is 0 Å². The lowest BCUT2D eigenvalue weighted by Crippen LogP contribution is -2.11. The van der Waals surface area contributed by atoms with Crippen molar-refractivity contribution in [3.8, 4) is 0 Å². The number of carbonyl (C=O) groups excluding carboxylic acids is 2. The van der Waals surface area contributed by atoms with Crippen LogP contribution in [0.1, 0.15) is 23.7 Å². The van der Waals surface area contributed by atoms with E-state index in [-0.39, 0.29) is 23.1 Å². The van der Waals surface area contributed by atoms with Crippen LogP contribution >= 0.6 is 15.9 Å². The zero-order valence-electron chi connectivity index (χ0n) is 8.63. The van der Waals surface area contributed by atoms with Gasteiger partial charge in [-0.1, -0.05) is 6.07 Å². The summed E-state index contributed by atoms with van der Waals surface area (Å²) in [7, 11) is 0. The molecule has 0 aliphatic heterocycles. The van der Waals surface area contributed by atoms with E-state index in [0.717, 1.165) is 6.07 Å². The maximum Gasteiger partial charge on any atom is 0.313 e. The number of carbonyl (C=O) groups is 2. The van der Waals surface area contributed by atoms with Crippen LogP contribution in [0.5, 0.6) is 0 Å². The number of benzene rings is 1. The monoisotopic (exact) mass is 288 g/mol. The van der Waals surface area contributed by atoms with Crippen molar-refractivity contribution in [2.75, 3.05) is 6.61 Å². The molecule has 1 rings (SSSR count). The minimum atomic E-state index is -0.601. The summed E-state index contributed by atoms with van der Waals surface area (Å²) in [6, 6.07) is 3.97. The highest BCUT2D eigenvalue weighted by Crippen LogP contribution is 2.17. The topological polar surface area (TPSA) is 43.4 Å². The molecule has 0 aliphatic rings. The largest absolute Gasteiger partial charge is 0.466 e. The second kappa shape index (κ2) is 5.75. The van der Waals surface area contributed by atoms with E-state index in [1.165, 1.54) is 12.1 Å². The Hall–Kier alpha value is -1.23. The zero-order chi connectivity index (χ0) is 12.1. The number of ketones is 1. The van der Waals surface area contributed by atoms with Crippen molar-refractivity contribution in [1.82, 2.24) is 0 Å². The fraction of sp³-hybridized carbons (Fsp3) is 0.273. The van der Waals surface area contributed by atoms with Gasteiger partial charge in [0.2, 0.25) is 0 Å². The quantitative estimate of drug-likeness (QED) is 0.486. The van der Waals surface area contributed by atoms with Crippen LogP contribution < -0.4 is 0 Å². The van der Waals surface area contributed by atoms with Gasteiger partial charge in [-0.2, -0.15) is 0 Å². The number of hydrogen-bond acceptors (Lipinski definition) is 3. The van der Waals surface area contributed by atoms with Gasteiger partial charge >= 0.3 is 5.97 Å². The lowest BCUT2D eigenvalue weighted by molar-refractivity contribution is -0.141. The van der Waals surface area contributed by atoms with Gasteiger partial charge in [0, 0.05) is 5.56 Å². The Bertz CT molecular complexity index is 418. The summed E-state index contributed by atoms with van der Waals surface area (Å²) >= 11 is 2.98. The van der Waals surface area contributed by atoms with Crippen LogP contribution in [0.15, 0.2) is 22.7 Å². The van der Waals surface area contributed by atoms with Crippen molar-refractivity contribution < 1.29 is 18.7 Å². The van der Waals surface area contributed by atoms with Gasteiger partial charge in [-0.25, -0.2) is 4.39 Å². The maximum absolute atomic E-state index is 13.1. The van der Waals surface area contributed by atoms with Crippen LogP contribution in [-0.2, 0) is 9.53 Å². The van der Waals surface area contributed by atoms with Crippen LogP contribution in [-0.4, -0.2) is 18.4 Å². The van der Waals surface area contributed by atoms with Gasteiger partial charge in [-0.05, 0) is 35.0 Å². The van der Waals surface area contributed by atoms with Gasteiger partial charge in [-0.3, -0.25) is 9.59 Å². The van der Waals surface area contributed by atoms with Gasteiger partial charge in [0.25, 0.3) is 0 Å². The molecule has 0 radical (unpaired) electrons. The van der Waals surface area contributed by atoms with Crippen LogP contribution in [0, 0.1) is 5.82 Å². The Morgan fingerprint density at radius 3 is 2.69 bits per heavy atom. The molecule has 0 bridgehead atoms. The molecule has 0 N–H and O–H groups in total. The number of ether oxygens (including phenoxy) is 1. The van der Waals surface area contributed by atoms with Gasteiger partial charge in [0.15, 0.2) is 5.78 Å². The molecule has 0 atom stereocenters. The molecule has 3 nitrogen and oxygen atoms in total. The highest BCUT2D eigenvalue weighted by molar-refractivity contribution is 9.10. The van der Waals surface area contributed by atoms with E-state index in [1.807, 2.05) is 0 Å². The second-order valence-electron chi connectivity index (χ2n) is 3.03. The predicted octanol–water partition coefficient (Wildman–Crippen LogP) is 2.72. The van der Waals surface area contributed by atoms with Crippen LogP contribution in [0.3, 0.4) is 0 Å². The molecule has 0 aliphatic carbocycles. The first-order valence-electron chi connectivity index (χ1n) is 4.68. The van der Waals surface area contributed by atoms with E-state index in [0.29, 0.717) is 0 Å². The molecule has 16 heavy (non-hydrogen) atoms. The molecule has 0 saturated heterocycles. The smallest absolute Gasteiger partial charge is 0.313 e. The molecular weight excluding hydrogens is 279 g/mol. The first kappa shape index (κ1) is 12.8. The molecule has 0 spiro atoms. The molecule has 0 unspecified atom stereocenters. The van der Waals surface area contributed by atoms with Crippen molar-refractivity contribution in [3.05, 3.63) is 34.1 Å². The van der Waals surface area contributed by atoms with E-state index in [1.54, 1.807) is 6.92 Å². The SMILES string of the molecule is CCOC(=O)CC(=O)c1ccc(Br)c(F)c1. The average molecular weight is 289 g/mol. The molecular formula is C11H10BrFO3. The minimum Gasteiger partial charge on any atom is -0.466 e. The Kier molecular flexibility index (Phi) is 4.61. The summed E-state index contributed by atoms with van der Waals surface area (Å²) in [5, 5.41) is 0. The zero-order valence-corrected chi connectivity index (χ0v) is 10.2. The molecule has 5 heteroatoms. The summed E-state index contributed by atoms with van der Waals surface area (Å²) in [6.45, 7) is 1.88. The van der Waals surface area contributed by atoms with E-state index in [2.05, 4.69) is 20.7 Å². The normalized spacial score (nSPS) is 9.94. The van der Waals surface area contributed by atoms with Crippen molar-refractivity contribution in [2.24, 2.45) is 0 Å². The Balaban J connectivity index is 2.73. The number of esters is 1. The molecule has 0 aromatic heterocycles. The van der Waals surface area contributed by atoms with Crippen molar-refractivity contribution in [1.29, 1.82) is 0 Å². The molecule has 1 aromatic carbocycles. The highest BCUT2D eigenvalue weighted by Gasteiger charge is 2.13. The van der Waals surface area contributed by atoms with Crippen LogP contribution in [0.4, 0.5) is 4.39 Å². The highest BCUT2D eigenvalue weighted by atomic mass is 79.9. The molecule has 1 aromatic rings. The van der Waals surface area contributed by atoms with Gasteiger partial charge in [0.1, 0.15) is 12.2 Å². The van der Waals surface area contributed by atoms with Crippen LogP contribution in [0.2, 0.25) is 0 Å². The lowest BCUT2D eigenvalue weighted by atomic mass is 10.1. The van der Waals surface area contributed by atoms with Crippen molar-refractivity contribution in [3.63, 3.8) is 0 Å². The summed E-state index contributed by atoms with van der Waals surface area (Å²) in [6.07, 6.45) is -0.366. The number of rotatable bonds is 4. The average Bonchev–Trinajstić information content (AvgIpc) is 2.22. The standard InChI is InChI=1S/C11H10BrFO3/c1-2-16-11(15)6-10(14)7-3-4-8(12)9(13)5-7/h3-5H,2,6H2,1H3. The Labute approximate surface area is 101 Å². The molecule has 0 saturated carbocycles. The first-order valence-corrected chi connectivity index (χ1v) is 5.47. The minimum absolute atomic E-state index is 0.161. The van der Waals surface area contributed by atoms with E-state index in [4.69, 9.17) is 0 Å². The molecule has 0 amide bonds. The van der Waals surface area contributed by atoms with Gasteiger partial charge in [0.05, 0.1) is 11.1 Å². The fourth-order valence-corrected chi connectivity index (χ4v) is 1.36. The molecule has 0 fully saturated rings.